The summed E-state index contributed by atoms with van der Waals surface area (Å²) in [5.74, 6) is -1.21. The van der Waals surface area contributed by atoms with Gasteiger partial charge in [-0.15, -0.1) is 11.3 Å². The lowest BCUT2D eigenvalue weighted by molar-refractivity contribution is -0.143. The van der Waals surface area contributed by atoms with Crippen molar-refractivity contribution in [3.05, 3.63) is 87.6 Å². The zero-order chi connectivity index (χ0) is 20.6. The minimum absolute atomic E-state index is 0.138. The lowest BCUT2D eigenvalue weighted by Crippen LogP contribution is -2.35. The molecule has 3 rings (SSSR count). The quantitative estimate of drug-likeness (QED) is 0.389. The van der Waals surface area contributed by atoms with Crippen molar-refractivity contribution in [3.63, 3.8) is 0 Å². The Morgan fingerprint density at radius 3 is 2.34 bits per heavy atom. The van der Waals surface area contributed by atoms with E-state index in [0.29, 0.717) is 21.2 Å². The Morgan fingerprint density at radius 2 is 1.66 bits per heavy atom. The molecule has 0 spiro atoms. The summed E-state index contributed by atoms with van der Waals surface area (Å²) in [5.41, 5.74) is 0.988. The molecule has 5 nitrogen and oxygen atoms in total. The average molecular weight is 428 g/mol. The molecule has 0 amide bonds. The highest BCUT2D eigenvalue weighted by Gasteiger charge is 2.25. The SMILES string of the molecule is O=C(C[C@H](Nc1ccccc1Cl)C(=O)OCC(=O)c1cccs1)c1ccccc1. The average Bonchev–Trinajstić information content (AvgIpc) is 3.28. The summed E-state index contributed by atoms with van der Waals surface area (Å²) in [6.07, 6.45) is -0.138. The molecule has 148 valence electrons. The molecule has 7 heteroatoms. The molecule has 1 heterocycles. The van der Waals surface area contributed by atoms with Crippen LogP contribution in [0, 0.1) is 0 Å². The minimum Gasteiger partial charge on any atom is -0.456 e. The number of para-hydroxylation sites is 1. The van der Waals surface area contributed by atoms with E-state index in [2.05, 4.69) is 5.32 Å². The number of rotatable bonds is 9. The van der Waals surface area contributed by atoms with Crippen molar-refractivity contribution in [1.29, 1.82) is 0 Å². The molecule has 1 aromatic heterocycles. The molecule has 0 fully saturated rings. The standard InChI is InChI=1S/C22H18ClNO4S/c23-16-9-4-5-10-17(16)24-18(13-19(25)15-7-2-1-3-8-15)22(27)28-14-20(26)21-11-6-12-29-21/h1-12,18,24H,13-14H2/t18-/m0/s1. The molecule has 0 aliphatic heterocycles. The monoisotopic (exact) mass is 427 g/mol. The number of hydrogen-bond donors (Lipinski definition) is 1. The van der Waals surface area contributed by atoms with Crippen LogP contribution in [0.15, 0.2) is 72.1 Å². The third-order valence-electron chi connectivity index (χ3n) is 4.11. The molecule has 0 unspecified atom stereocenters. The highest BCUT2D eigenvalue weighted by Crippen LogP contribution is 2.23. The van der Waals surface area contributed by atoms with Gasteiger partial charge in [0.1, 0.15) is 6.04 Å². The maximum absolute atomic E-state index is 12.7. The first kappa shape index (κ1) is 20.8. The fourth-order valence-corrected chi connectivity index (χ4v) is 3.47. The number of anilines is 1. The second kappa shape index (κ2) is 10.0. The number of nitrogens with one attached hydrogen (secondary N) is 1. The summed E-state index contributed by atoms with van der Waals surface area (Å²) < 4.78 is 5.20. The van der Waals surface area contributed by atoms with Crippen LogP contribution in [0.25, 0.3) is 0 Å². The fraction of sp³-hybridized carbons (Fsp3) is 0.136. The van der Waals surface area contributed by atoms with E-state index in [9.17, 15) is 14.4 Å². The number of Topliss-reactive ketones (excluding diaryl/α,β-unsaturated/α-hetero) is 2. The fourth-order valence-electron chi connectivity index (χ4n) is 2.63. The number of halogens is 1. The Labute approximate surface area is 177 Å². The van der Waals surface area contributed by atoms with Gasteiger partial charge < -0.3 is 10.1 Å². The molecule has 2 aromatic carbocycles. The molecular weight excluding hydrogens is 410 g/mol. The van der Waals surface area contributed by atoms with E-state index < -0.39 is 12.0 Å². The van der Waals surface area contributed by atoms with Crippen molar-refractivity contribution in [2.75, 3.05) is 11.9 Å². The van der Waals surface area contributed by atoms with E-state index >= 15 is 0 Å². The highest BCUT2D eigenvalue weighted by molar-refractivity contribution is 7.12. The van der Waals surface area contributed by atoms with Gasteiger partial charge in [-0.3, -0.25) is 9.59 Å². The predicted molar refractivity (Wildman–Crippen MR) is 114 cm³/mol. The van der Waals surface area contributed by atoms with Crippen LogP contribution in [-0.2, 0) is 9.53 Å². The lowest BCUT2D eigenvalue weighted by Gasteiger charge is -2.19. The highest BCUT2D eigenvalue weighted by atomic mass is 35.5. The van der Waals surface area contributed by atoms with Gasteiger partial charge in [0.2, 0.25) is 5.78 Å². The van der Waals surface area contributed by atoms with E-state index in [1.54, 1.807) is 72.1 Å². The third-order valence-corrected chi connectivity index (χ3v) is 5.36. The van der Waals surface area contributed by atoms with Crippen LogP contribution in [0.1, 0.15) is 26.5 Å². The number of benzene rings is 2. The molecule has 1 atom stereocenters. The van der Waals surface area contributed by atoms with Gasteiger partial charge in [-0.1, -0.05) is 60.1 Å². The van der Waals surface area contributed by atoms with Crippen LogP contribution in [0.4, 0.5) is 5.69 Å². The first-order valence-electron chi connectivity index (χ1n) is 8.87. The molecule has 0 aliphatic carbocycles. The van der Waals surface area contributed by atoms with Crippen LogP contribution in [-0.4, -0.2) is 30.2 Å². The second-order valence-corrected chi connectivity index (χ2v) is 7.53. The molecule has 0 saturated heterocycles. The largest absolute Gasteiger partial charge is 0.456 e. The minimum atomic E-state index is -0.987. The van der Waals surface area contributed by atoms with E-state index in [1.165, 1.54) is 11.3 Å². The van der Waals surface area contributed by atoms with Crippen molar-refractivity contribution >= 4 is 46.2 Å². The van der Waals surface area contributed by atoms with Crippen molar-refractivity contribution in [1.82, 2.24) is 0 Å². The van der Waals surface area contributed by atoms with Crippen molar-refractivity contribution in [2.24, 2.45) is 0 Å². The summed E-state index contributed by atoms with van der Waals surface area (Å²) in [4.78, 5) is 37.9. The van der Waals surface area contributed by atoms with E-state index in [0.717, 1.165) is 0 Å². The van der Waals surface area contributed by atoms with Crippen LogP contribution >= 0.6 is 22.9 Å². The van der Waals surface area contributed by atoms with Crippen molar-refractivity contribution in [3.8, 4) is 0 Å². The topological polar surface area (TPSA) is 72.5 Å². The summed E-state index contributed by atoms with van der Waals surface area (Å²) in [7, 11) is 0. The smallest absolute Gasteiger partial charge is 0.329 e. The normalized spacial score (nSPS) is 11.5. The number of carbonyl (C=O) groups is 3. The van der Waals surface area contributed by atoms with Gasteiger partial charge in [0, 0.05) is 12.0 Å². The first-order chi connectivity index (χ1) is 14.0. The summed E-state index contributed by atoms with van der Waals surface area (Å²) in [6, 6.07) is 18.0. The van der Waals surface area contributed by atoms with Crippen molar-refractivity contribution < 1.29 is 19.1 Å². The molecule has 0 saturated carbocycles. The summed E-state index contributed by atoms with van der Waals surface area (Å²) >= 11 is 7.44. The molecule has 29 heavy (non-hydrogen) atoms. The van der Waals surface area contributed by atoms with Gasteiger partial charge in [0.25, 0.3) is 0 Å². The van der Waals surface area contributed by atoms with Crippen LogP contribution in [0.3, 0.4) is 0 Å². The van der Waals surface area contributed by atoms with Crippen LogP contribution < -0.4 is 5.32 Å². The Hall–Kier alpha value is -2.96. The van der Waals surface area contributed by atoms with Gasteiger partial charge >= 0.3 is 5.97 Å². The number of esters is 1. The Kier molecular flexibility index (Phi) is 7.16. The predicted octanol–water partition coefficient (Wildman–Crippen LogP) is 4.88. The third kappa shape index (κ3) is 5.76. The Morgan fingerprint density at radius 1 is 0.931 bits per heavy atom. The zero-order valence-corrected chi connectivity index (χ0v) is 16.9. The Balaban J connectivity index is 1.72. The number of ether oxygens (including phenoxy) is 1. The van der Waals surface area contributed by atoms with Gasteiger partial charge in [0.15, 0.2) is 12.4 Å². The Bertz CT molecular complexity index is 989. The number of thiophene rings is 1. The van der Waals surface area contributed by atoms with Gasteiger partial charge in [-0.05, 0) is 23.6 Å². The molecule has 0 bridgehead atoms. The van der Waals surface area contributed by atoms with Gasteiger partial charge in [-0.25, -0.2) is 4.79 Å². The number of carbonyl (C=O) groups excluding carboxylic acids is 3. The molecule has 0 radical (unpaired) electrons. The van der Waals surface area contributed by atoms with Gasteiger partial charge in [-0.2, -0.15) is 0 Å². The number of hydrogen-bond acceptors (Lipinski definition) is 6. The number of ketones is 2. The molecule has 1 N–H and O–H groups in total. The van der Waals surface area contributed by atoms with Crippen LogP contribution in [0.5, 0.6) is 0 Å². The lowest BCUT2D eigenvalue weighted by atomic mass is 10.0. The molecular formula is C22H18ClNO4S. The summed E-state index contributed by atoms with van der Waals surface area (Å²) in [6.45, 7) is -0.389. The maximum atomic E-state index is 12.7. The first-order valence-corrected chi connectivity index (χ1v) is 10.1. The molecule has 0 aliphatic rings. The zero-order valence-electron chi connectivity index (χ0n) is 15.3. The van der Waals surface area contributed by atoms with E-state index in [4.69, 9.17) is 16.3 Å². The van der Waals surface area contributed by atoms with Gasteiger partial charge in [0.05, 0.1) is 15.6 Å². The maximum Gasteiger partial charge on any atom is 0.329 e. The summed E-state index contributed by atoms with van der Waals surface area (Å²) in [5, 5.41) is 5.15. The van der Waals surface area contributed by atoms with Crippen molar-refractivity contribution in [2.45, 2.75) is 12.5 Å². The van der Waals surface area contributed by atoms with E-state index in [1.807, 2.05) is 0 Å². The van der Waals surface area contributed by atoms with E-state index in [-0.39, 0.29) is 24.6 Å². The second-order valence-electron chi connectivity index (χ2n) is 6.18. The molecule has 3 aromatic rings. The van der Waals surface area contributed by atoms with Crippen LogP contribution in [0.2, 0.25) is 5.02 Å².